The number of ether oxygens (including phenoxy) is 1. The lowest BCUT2D eigenvalue weighted by Crippen LogP contribution is -2.35. The van der Waals surface area contributed by atoms with Crippen molar-refractivity contribution >= 4 is 28.9 Å². The van der Waals surface area contributed by atoms with Gasteiger partial charge in [0.2, 0.25) is 5.91 Å². The van der Waals surface area contributed by atoms with Gasteiger partial charge in [-0.1, -0.05) is 12.1 Å². The molecule has 1 amide bonds. The Hall–Kier alpha value is -2.91. The summed E-state index contributed by atoms with van der Waals surface area (Å²) in [6.07, 6.45) is 0.221. The second-order valence-corrected chi connectivity index (χ2v) is 5.12. The van der Waals surface area contributed by atoms with Crippen LogP contribution in [0.1, 0.15) is 11.1 Å². The minimum Gasteiger partial charge on any atom is -0.497 e. The SMILES string of the molecule is COc1ccc(CC(=O)NC(=S)Nc2ccc(C#N)cc2)cc1. The van der Waals surface area contributed by atoms with E-state index in [-0.39, 0.29) is 17.4 Å². The molecule has 0 spiro atoms. The summed E-state index contributed by atoms with van der Waals surface area (Å²) in [5.41, 5.74) is 2.13. The number of thiocarbonyl (C=S) groups is 1. The summed E-state index contributed by atoms with van der Waals surface area (Å²) in [5.74, 6) is 0.536. The number of hydrogen-bond donors (Lipinski definition) is 2. The second kappa shape index (κ2) is 7.92. The molecule has 0 atom stereocenters. The van der Waals surface area contributed by atoms with E-state index in [1.54, 1.807) is 43.5 Å². The second-order valence-electron chi connectivity index (χ2n) is 4.72. The number of rotatable bonds is 4. The zero-order valence-electron chi connectivity index (χ0n) is 12.5. The van der Waals surface area contributed by atoms with E-state index in [2.05, 4.69) is 10.6 Å². The molecule has 23 heavy (non-hydrogen) atoms. The van der Waals surface area contributed by atoms with Gasteiger partial charge in [-0.15, -0.1) is 0 Å². The summed E-state index contributed by atoms with van der Waals surface area (Å²) in [4.78, 5) is 12.0. The average molecular weight is 325 g/mol. The predicted octanol–water partition coefficient (Wildman–Crippen LogP) is 2.62. The average Bonchev–Trinajstić information content (AvgIpc) is 2.56. The molecule has 2 aromatic rings. The molecular weight excluding hydrogens is 310 g/mol. The van der Waals surface area contributed by atoms with Gasteiger partial charge in [0.25, 0.3) is 0 Å². The summed E-state index contributed by atoms with van der Waals surface area (Å²) in [6.45, 7) is 0. The maximum atomic E-state index is 12.0. The molecule has 0 aliphatic heterocycles. The van der Waals surface area contributed by atoms with E-state index < -0.39 is 0 Å². The normalized spacial score (nSPS) is 9.57. The third kappa shape index (κ3) is 5.09. The Kier molecular flexibility index (Phi) is 5.67. The molecule has 0 saturated heterocycles. The first-order valence-electron chi connectivity index (χ1n) is 6.84. The van der Waals surface area contributed by atoms with Crippen LogP contribution in [0.4, 0.5) is 5.69 Å². The first kappa shape index (κ1) is 16.5. The molecule has 0 aromatic heterocycles. The molecule has 0 heterocycles. The van der Waals surface area contributed by atoms with E-state index in [4.69, 9.17) is 22.2 Å². The number of anilines is 1. The lowest BCUT2D eigenvalue weighted by atomic mass is 10.1. The van der Waals surface area contributed by atoms with Crippen LogP contribution in [-0.4, -0.2) is 18.1 Å². The standard InChI is InChI=1S/C17H15N3O2S/c1-22-15-8-4-12(5-9-15)10-16(21)20-17(23)19-14-6-2-13(11-18)3-7-14/h2-9H,10H2,1H3,(H2,19,20,21,23). The Bertz CT molecular complexity index is 734. The van der Waals surface area contributed by atoms with E-state index in [0.717, 1.165) is 11.3 Å². The zero-order valence-corrected chi connectivity index (χ0v) is 13.3. The molecule has 0 radical (unpaired) electrons. The van der Waals surface area contributed by atoms with E-state index in [1.807, 2.05) is 18.2 Å². The molecule has 2 N–H and O–H groups in total. The lowest BCUT2D eigenvalue weighted by Gasteiger charge is -2.10. The first-order valence-corrected chi connectivity index (χ1v) is 7.25. The van der Waals surface area contributed by atoms with Gasteiger partial charge in [-0.25, -0.2) is 0 Å². The summed E-state index contributed by atoms with van der Waals surface area (Å²) in [6, 6.07) is 16.1. The number of carbonyl (C=O) groups is 1. The molecule has 0 aliphatic carbocycles. The van der Waals surface area contributed by atoms with Crippen LogP contribution in [0.25, 0.3) is 0 Å². The smallest absolute Gasteiger partial charge is 0.230 e. The van der Waals surface area contributed by atoms with E-state index in [1.165, 1.54) is 0 Å². The topological polar surface area (TPSA) is 74.2 Å². The van der Waals surface area contributed by atoms with Crippen molar-refractivity contribution in [3.63, 3.8) is 0 Å². The van der Waals surface area contributed by atoms with Crippen LogP contribution in [0.2, 0.25) is 0 Å². The van der Waals surface area contributed by atoms with Crippen LogP contribution < -0.4 is 15.4 Å². The zero-order chi connectivity index (χ0) is 16.7. The van der Waals surface area contributed by atoms with Crippen molar-refractivity contribution < 1.29 is 9.53 Å². The summed E-state index contributed by atoms with van der Waals surface area (Å²) in [7, 11) is 1.59. The predicted molar refractivity (Wildman–Crippen MR) is 92.2 cm³/mol. The Morgan fingerprint density at radius 2 is 1.83 bits per heavy atom. The van der Waals surface area contributed by atoms with Crippen LogP contribution >= 0.6 is 12.2 Å². The summed E-state index contributed by atoms with van der Waals surface area (Å²) >= 11 is 5.10. The van der Waals surface area contributed by atoms with Gasteiger partial charge in [0.1, 0.15) is 5.75 Å². The van der Waals surface area contributed by atoms with Crippen LogP contribution in [0, 0.1) is 11.3 Å². The Morgan fingerprint density at radius 3 is 2.39 bits per heavy atom. The number of nitrogens with zero attached hydrogens (tertiary/aromatic N) is 1. The molecule has 116 valence electrons. The van der Waals surface area contributed by atoms with Crippen molar-refractivity contribution in [1.29, 1.82) is 5.26 Å². The van der Waals surface area contributed by atoms with Gasteiger partial charge < -0.3 is 15.4 Å². The van der Waals surface area contributed by atoms with Crippen LogP contribution in [-0.2, 0) is 11.2 Å². The van der Waals surface area contributed by atoms with Crippen molar-refractivity contribution in [3.8, 4) is 11.8 Å². The number of amides is 1. The lowest BCUT2D eigenvalue weighted by molar-refractivity contribution is -0.119. The molecule has 0 aliphatic rings. The maximum absolute atomic E-state index is 12.0. The van der Waals surface area contributed by atoms with Gasteiger partial charge in [-0.2, -0.15) is 5.26 Å². The third-order valence-electron chi connectivity index (χ3n) is 3.05. The highest BCUT2D eigenvalue weighted by molar-refractivity contribution is 7.80. The maximum Gasteiger partial charge on any atom is 0.230 e. The fourth-order valence-electron chi connectivity index (χ4n) is 1.89. The van der Waals surface area contributed by atoms with E-state index in [9.17, 15) is 4.79 Å². The largest absolute Gasteiger partial charge is 0.497 e. The number of nitrogens with one attached hydrogen (secondary N) is 2. The Balaban J connectivity index is 1.86. The van der Waals surface area contributed by atoms with Gasteiger partial charge in [0.15, 0.2) is 5.11 Å². The van der Waals surface area contributed by atoms with Gasteiger partial charge in [0.05, 0.1) is 25.2 Å². The fourth-order valence-corrected chi connectivity index (χ4v) is 2.12. The van der Waals surface area contributed by atoms with Crippen molar-refractivity contribution in [2.45, 2.75) is 6.42 Å². The van der Waals surface area contributed by atoms with Gasteiger partial charge >= 0.3 is 0 Å². The summed E-state index contributed by atoms with van der Waals surface area (Å²) < 4.78 is 5.07. The first-order chi connectivity index (χ1) is 11.1. The van der Waals surface area contributed by atoms with E-state index >= 15 is 0 Å². The molecule has 0 unspecified atom stereocenters. The minimum absolute atomic E-state index is 0.207. The number of benzene rings is 2. The molecule has 0 saturated carbocycles. The van der Waals surface area contributed by atoms with Gasteiger partial charge in [-0.3, -0.25) is 4.79 Å². The number of methoxy groups -OCH3 is 1. The number of carbonyl (C=O) groups excluding carboxylic acids is 1. The molecule has 0 fully saturated rings. The quantitative estimate of drug-likeness (QED) is 0.845. The van der Waals surface area contributed by atoms with Gasteiger partial charge in [0, 0.05) is 5.69 Å². The highest BCUT2D eigenvalue weighted by Crippen LogP contribution is 2.12. The molecular formula is C17H15N3O2S. The highest BCUT2D eigenvalue weighted by Gasteiger charge is 2.06. The molecule has 6 heteroatoms. The van der Waals surface area contributed by atoms with Crippen LogP contribution in [0.5, 0.6) is 5.75 Å². The van der Waals surface area contributed by atoms with Crippen molar-refractivity contribution in [2.75, 3.05) is 12.4 Å². The van der Waals surface area contributed by atoms with Crippen LogP contribution in [0.3, 0.4) is 0 Å². The Morgan fingerprint density at radius 1 is 1.17 bits per heavy atom. The summed E-state index contributed by atoms with van der Waals surface area (Å²) in [5, 5.41) is 14.5. The van der Waals surface area contributed by atoms with Crippen molar-refractivity contribution in [1.82, 2.24) is 5.32 Å². The number of hydrogen-bond acceptors (Lipinski definition) is 4. The van der Waals surface area contributed by atoms with Crippen LogP contribution in [0.15, 0.2) is 48.5 Å². The van der Waals surface area contributed by atoms with Gasteiger partial charge in [-0.05, 0) is 54.2 Å². The molecule has 5 nitrogen and oxygen atoms in total. The molecule has 2 aromatic carbocycles. The van der Waals surface area contributed by atoms with Crippen molar-refractivity contribution in [3.05, 3.63) is 59.7 Å². The minimum atomic E-state index is -0.207. The highest BCUT2D eigenvalue weighted by atomic mass is 32.1. The van der Waals surface area contributed by atoms with Crippen molar-refractivity contribution in [2.24, 2.45) is 0 Å². The molecule has 2 rings (SSSR count). The monoisotopic (exact) mass is 325 g/mol. The number of nitriles is 1. The Labute approximate surface area is 139 Å². The van der Waals surface area contributed by atoms with E-state index in [0.29, 0.717) is 11.3 Å². The molecule has 0 bridgehead atoms. The third-order valence-corrected chi connectivity index (χ3v) is 3.25. The fraction of sp³-hybridized carbons (Fsp3) is 0.118.